The summed E-state index contributed by atoms with van der Waals surface area (Å²) in [6.45, 7) is 0.493. The highest BCUT2D eigenvalue weighted by Gasteiger charge is 2.13. The Hall–Kier alpha value is -0.240. The van der Waals surface area contributed by atoms with Crippen LogP contribution < -0.4 is 0 Å². The fourth-order valence-corrected chi connectivity index (χ4v) is 1.86. The second-order valence-corrected chi connectivity index (χ2v) is 3.69. The standard InChI is InChI=1S/C9H15ClO2/c10-9(11)12-7-6-8-4-2-1-3-5-8/h8H,1-7H2. The van der Waals surface area contributed by atoms with Crippen LogP contribution in [-0.2, 0) is 4.74 Å². The lowest BCUT2D eigenvalue weighted by molar-refractivity contribution is 0.159. The molecule has 0 aliphatic heterocycles. The summed E-state index contributed by atoms with van der Waals surface area (Å²) in [6, 6.07) is 0. The molecule has 0 unspecified atom stereocenters. The van der Waals surface area contributed by atoms with Crippen molar-refractivity contribution in [2.45, 2.75) is 38.5 Å². The molecule has 12 heavy (non-hydrogen) atoms. The van der Waals surface area contributed by atoms with E-state index in [1.165, 1.54) is 32.1 Å². The fraction of sp³-hybridized carbons (Fsp3) is 0.889. The Bertz CT molecular complexity index is 141. The minimum absolute atomic E-state index is 0.493. The molecule has 0 aromatic heterocycles. The number of ether oxygens (including phenoxy) is 1. The highest BCUT2D eigenvalue weighted by Crippen LogP contribution is 2.26. The number of halogens is 1. The number of carbonyl (C=O) groups is 1. The molecule has 1 saturated carbocycles. The molecular formula is C9H15ClO2. The zero-order valence-electron chi connectivity index (χ0n) is 7.22. The van der Waals surface area contributed by atoms with Crippen molar-refractivity contribution in [3.8, 4) is 0 Å². The molecule has 0 spiro atoms. The van der Waals surface area contributed by atoms with Gasteiger partial charge in [0.05, 0.1) is 6.61 Å². The Labute approximate surface area is 78.2 Å². The average molecular weight is 191 g/mol. The minimum Gasteiger partial charge on any atom is -0.454 e. The molecule has 0 heterocycles. The minimum atomic E-state index is -0.675. The molecule has 0 aromatic rings. The first-order chi connectivity index (χ1) is 5.79. The molecule has 2 nitrogen and oxygen atoms in total. The van der Waals surface area contributed by atoms with Crippen molar-refractivity contribution in [1.82, 2.24) is 0 Å². The van der Waals surface area contributed by atoms with Crippen molar-refractivity contribution in [3.05, 3.63) is 0 Å². The van der Waals surface area contributed by atoms with E-state index in [2.05, 4.69) is 4.74 Å². The summed E-state index contributed by atoms with van der Waals surface area (Å²) in [5.74, 6) is 0.759. The van der Waals surface area contributed by atoms with Gasteiger partial charge >= 0.3 is 5.43 Å². The highest BCUT2D eigenvalue weighted by atomic mass is 35.5. The van der Waals surface area contributed by atoms with Gasteiger partial charge in [-0.05, 0) is 12.3 Å². The van der Waals surface area contributed by atoms with E-state index in [0.717, 1.165) is 12.3 Å². The Morgan fingerprint density at radius 2 is 2.00 bits per heavy atom. The van der Waals surface area contributed by atoms with Crippen LogP contribution in [0.15, 0.2) is 0 Å². The monoisotopic (exact) mass is 190 g/mol. The van der Waals surface area contributed by atoms with Gasteiger partial charge in [-0.15, -0.1) is 0 Å². The SMILES string of the molecule is O=C(Cl)OCCC1CCCCC1. The van der Waals surface area contributed by atoms with Gasteiger partial charge in [0.1, 0.15) is 0 Å². The molecule has 1 fully saturated rings. The second kappa shape index (κ2) is 5.41. The quantitative estimate of drug-likeness (QED) is 0.639. The first-order valence-electron chi connectivity index (χ1n) is 4.61. The Morgan fingerprint density at radius 3 is 2.58 bits per heavy atom. The van der Waals surface area contributed by atoms with Gasteiger partial charge in [0.2, 0.25) is 0 Å². The summed E-state index contributed by atoms with van der Waals surface area (Å²) in [5, 5.41) is 0. The van der Waals surface area contributed by atoms with E-state index >= 15 is 0 Å². The van der Waals surface area contributed by atoms with Gasteiger partial charge in [0.15, 0.2) is 0 Å². The molecule has 3 heteroatoms. The van der Waals surface area contributed by atoms with Crippen molar-refractivity contribution in [3.63, 3.8) is 0 Å². The van der Waals surface area contributed by atoms with Gasteiger partial charge in [0, 0.05) is 11.6 Å². The number of carbonyl (C=O) groups excluding carboxylic acids is 1. The fourth-order valence-electron chi connectivity index (χ4n) is 1.78. The molecule has 0 atom stereocenters. The third-order valence-electron chi connectivity index (χ3n) is 2.47. The highest BCUT2D eigenvalue weighted by molar-refractivity contribution is 6.61. The van der Waals surface area contributed by atoms with E-state index in [-0.39, 0.29) is 0 Å². The summed E-state index contributed by atoms with van der Waals surface area (Å²) in [5.41, 5.74) is -0.675. The lowest BCUT2D eigenvalue weighted by Crippen LogP contribution is -2.09. The second-order valence-electron chi connectivity index (χ2n) is 3.38. The van der Waals surface area contributed by atoms with E-state index in [1.807, 2.05) is 0 Å². The molecule has 0 aromatic carbocycles. The maximum Gasteiger partial charge on any atom is 0.403 e. The van der Waals surface area contributed by atoms with Crippen LogP contribution in [0, 0.1) is 5.92 Å². The lowest BCUT2D eigenvalue weighted by Gasteiger charge is -2.20. The summed E-state index contributed by atoms with van der Waals surface area (Å²) in [6.07, 6.45) is 7.60. The van der Waals surface area contributed by atoms with Crippen LogP contribution in [0.3, 0.4) is 0 Å². The van der Waals surface area contributed by atoms with Gasteiger partial charge in [-0.3, -0.25) is 0 Å². The van der Waals surface area contributed by atoms with Crippen molar-refractivity contribution < 1.29 is 9.53 Å². The van der Waals surface area contributed by atoms with Gasteiger partial charge < -0.3 is 4.74 Å². The summed E-state index contributed by atoms with van der Waals surface area (Å²) >= 11 is 5.03. The van der Waals surface area contributed by atoms with Gasteiger partial charge in [-0.25, -0.2) is 4.79 Å². The zero-order chi connectivity index (χ0) is 8.81. The van der Waals surface area contributed by atoms with Crippen LogP contribution in [0.2, 0.25) is 0 Å². The topological polar surface area (TPSA) is 26.3 Å². The molecule has 1 aliphatic rings. The Balaban J connectivity index is 2.01. The smallest absolute Gasteiger partial charge is 0.403 e. The first-order valence-corrected chi connectivity index (χ1v) is 4.99. The van der Waals surface area contributed by atoms with Crippen molar-refractivity contribution in [1.29, 1.82) is 0 Å². The Kier molecular flexibility index (Phi) is 4.44. The molecule has 0 bridgehead atoms. The van der Waals surface area contributed by atoms with E-state index in [9.17, 15) is 4.79 Å². The predicted molar refractivity (Wildman–Crippen MR) is 48.4 cm³/mol. The molecule has 1 rings (SSSR count). The van der Waals surface area contributed by atoms with Gasteiger partial charge in [-0.2, -0.15) is 0 Å². The normalized spacial score (nSPS) is 19.1. The molecule has 0 N–H and O–H groups in total. The lowest BCUT2D eigenvalue weighted by atomic mass is 9.87. The van der Waals surface area contributed by atoms with E-state index in [0.29, 0.717) is 6.61 Å². The van der Waals surface area contributed by atoms with Crippen LogP contribution in [0.1, 0.15) is 38.5 Å². The molecule has 0 saturated heterocycles. The molecular weight excluding hydrogens is 176 g/mol. The molecule has 0 amide bonds. The summed E-state index contributed by atoms with van der Waals surface area (Å²) in [7, 11) is 0. The number of rotatable bonds is 3. The molecule has 1 aliphatic carbocycles. The third kappa shape index (κ3) is 3.96. The van der Waals surface area contributed by atoms with Crippen LogP contribution in [0.25, 0.3) is 0 Å². The van der Waals surface area contributed by atoms with Crippen molar-refractivity contribution >= 4 is 17.0 Å². The van der Waals surface area contributed by atoms with Crippen LogP contribution in [0.5, 0.6) is 0 Å². The number of hydrogen-bond donors (Lipinski definition) is 0. The first kappa shape index (κ1) is 9.85. The Morgan fingerprint density at radius 1 is 1.33 bits per heavy atom. The van der Waals surface area contributed by atoms with Crippen LogP contribution >= 0.6 is 11.6 Å². The summed E-state index contributed by atoms with van der Waals surface area (Å²) < 4.78 is 4.67. The molecule has 0 radical (unpaired) electrons. The molecule has 70 valence electrons. The zero-order valence-corrected chi connectivity index (χ0v) is 7.98. The number of hydrogen-bond acceptors (Lipinski definition) is 2. The van der Waals surface area contributed by atoms with Crippen molar-refractivity contribution in [2.24, 2.45) is 5.92 Å². The van der Waals surface area contributed by atoms with Crippen LogP contribution in [-0.4, -0.2) is 12.0 Å². The van der Waals surface area contributed by atoms with E-state index in [4.69, 9.17) is 11.6 Å². The van der Waals surface area contributed by atoms with E-state index in [1.54, 1.807) is 0 Å². The van der Waals surface area contributed by atoms with Crippen molar-refractivity contribution in [2.75, 3.05) is 6.61 Å². The third-order valence-corrected chi connectivity index (χ3v) is 2.58. The maximum absolute atomic E-state index is 10.2. The summed E-state index contributed by atoms with van der Waals surface area (Å²) in [4.78, 5) is 10.2. The van der Waals surface area contributed by atoms with Gasteiger partial charge in [0.25, 0.3) is 0 Å². The van der Waals surface area contributed by atoms with Crippen LogP contribution in [0.4, 0.5) is 4.79 Å². The van der Waals surface area contributed by atoms with Gasteiger partial charge in [-0.1, -0.05) is 32.1 Å². The maximum atomic E-state index is 10.2. The van der Waals surface area contributed by atoms with E-state index < -0.39 is 5.43 Å². The largest absolute Gasteiger partial charge is 0.454 e. The average Bonchev–Trinajstić information content (AvgIpc) is 2.05. The predicted octanol–water partition coefficient (Wildman–Crippen LogP) is 3.33.